The van der Waals surface area contributed by atoms with E-state index in [4.69, 9.17) is 4.74 Å². The first-order valence-electron chi connectivity index (χ1n) is 15.0. The van der Waals surface area contributed by atoms with Gasteiger partial charge < -0.3 is 14.9 Å². The lowest BCUT2D eigenvalue weighted by Crippen LogP contribution is -2.18. The standard InChI is InChI=1S/C38H54O3/c1-35(2,3)29-19-26(20-30(33(29)39)36(4,5)6)15-24-14-25(18-28(17-24)23-41-13)16-27-21-31(37(7,8)9)34(40)32(22-27)38(10,11)12/h14,17-22,39-40H,15-16,23H2,1-13H3. The summed E-state index contributed by atoms with van der Waals surface area (Å²) in [6.07, 6.45) is 1.54. The lowest BCUT2D eigenvalue weighted by molar-refractivity contribution is 0.185. The molecule has 0 saturated heterocycles. The molecule has 0 atom stereocenters. The zero-order chi connectivity index (χ0) is 31.1. The van der Waals surface area contributed by atoms with E-state index in [1.165, 1.54) is 22.3 Å². The molecule has 0 bridgehead atoms. The van der Waals surface area contributed by atoms with Crippen molar-refractivity contribution < 1.29 is 14.9 Å². The van der Waals surface area contributed by atoms with E-state index in [2.05, 4.69) is 126 Å². The van der Waals surface area contributed by atoms with Crippen molar-refractivity contribution in [2.75, 3.05) is 7.11 Å². The first-order valence-corrected chi connectivity index (χ1v) is 15.0. The maximum atomic E-state index is 11.2. The van der Waals surface area contributed by atoms with Crippen molar-refractivity contribution in [3.63, 3.8) is 0 Å². The van der Waals surface area contributed by atoms with Crippen molar-refractivity contribution in [3.05, 3.63) is 92.5 Å². The Kier molecular flexibility index (Phi) is 9.16. The van der Waals surface area contributed by atoms with Crippen LogP contribution in [-0.2, 0) is 45.8 Å². The molecule has 0 spiro atoms. The molecule has 0 aliphatic rings. The normalized spacial score (nSPS) is 13.1. The molecule has 0 unspecified atom stereocenters. The van der Waals surface area contributed by atoms with E-state index in [1.807, 2.05) is 0 Å². The number of phenolic OH excluding ortho intramolecular Hbond substituents is 2. The molecule has 3 aromatic rings. The van der Waals surface area contributed by atoms with Crippen LogP contribution in [0, 0.1) is 0 Å². The average molecular weight is 559 g/mol. The summed E-state index contributed by atoms with van der Waals surface area (Å²) in [5, 5.41) is 22.4. The Morgan fingerprint density at radius 3 is 0.927 bits per heavy atom. The van der Waals surface area contributed by atoms with E-state index in [9.17, 15) is 10.2 Å². The third-order valence-electron chi connectivity index (χ3n) is 7.81. The third-order valence-corrected chi connectivity index (χ3v) is 7.81. The number of methoxy groups -OCH3 is 1. The van der Waals surface area contributed by atoms with Gasteiger partial charge in [-0.05, 0) is 84.6 Å². The number of phenols is 2. The second kappa shape index (κ2) is 11.5. The molecule has 3 heteroatoms. The molecule has 0 aromatic heterocycles. The highest BCUT2D eigenvalue weighted by Crippen LogP contribution is 2.42. The fraction of sp³-hybridized carbons (Fsp3) is 0.526. The Balaban J connectivity index is 2.13. The van der Waals surface area contributed by atoms with Crippen LogP contribution in [-0.4, -0.2) is 17.3 Å². The third kappa shape index (κ3) is 7.95. The molecule has 2 N–H and O–H groups in total. The zero-order valence-corrected chi connectivity index (χ0v) is 28.0. The second-order valence-electron chi connectivity index (χ2n) is 16.0. The van der Waals surface area contributed by atoms with Gasteiger partial charge in [0, 0.05) is 7.11 Å². The van der Waals surface area contributed by atoms with Crippen LogP contribution in [0.25, 0.3) is 0 Å². The summed E-state index contributed by atoms with van der Waals surface area (Å²) in [6, 6.07) is 15.5. The fourth-order valence-corrected chi connectivity index (χ4v) is 5.64. The number of hydrogen-bond donors (Lipinski definition) is 2. The van der Waals surface area contributed by atoms with Gasteiger partial charge in [-0.15, -0.1) is 0 Å². The van der Waals surface area contributed by atoms with E-state index in [0.29, 0.717) is 18.1 Å². The van der Waals surface area contributed by atoms with Gasteiger partial charge in [0.1, 0.15) is 11.5 Å². The minimum Gasteiger partial charge on any atom is -0.507 e. The SMILES string of the molecule is COCc1cc(Cc2cc(C(C)(C)C)c(O)c(C(C)(C)C)c2)cc(Cc2cc(C(C)(C)C)c(O)c(C(C)(C)C)c2)c1. The van der Waals surface area contributed by atoms with Gasteiger partial charge in [-0.1, -0.05) is 126 Å². The highest BCUT2D eigenvalue weighted by molar-refractivity contribution is 5.52. The lowest BCUT2D eigenvalue weighted by Gasteiger charge is -2.28. The largest absolute Gasteiger partial charge is 0.507 e. The maximum absolute atomic E-state index is 11.2. The van der Waals surface area contributed by atoms with Crippen molar-refractivity contribution in [1.29, 1.82) is 0 Å². The van der Waals surface area contributed by atoms with Crippen molar-refractivity contribution >= 4 is 0 Å². The van der Waals surface area contributed by atoms with E-state index < -0.39 is 0 Å². The molecule has 0 amide bonds. The Morgan fingerprint density at radius 2 is 0.683 bits per heavy atom. The van der Waals surface area contributed by atoms with Crippen LogP contribution >= 0.6 is 0 Å². The maximum Gasteiger partial charge on any atom is 0.123 e. The van der Waals surface area contributed by atoms with Crippen molar-refractivity contribution in [3.8, 4) is 11.5 Å². The molecule has 224 valence electrons. The Morgan fingerprint density at radius 1 is 0.439 bits per heavy atom. The molecular weight excluding hydrogens is 504 g/mol. The Hall–Kier alpha value is -2.78. The quantitative estimate of drug-likeness (QED) is 0.317. The van der Waals surface area contributed by atoms with Gasteiger partial charge in [0.2, 0.25) is 0 Å². The van der Waals surface area contributed by atoms with Crippen LogP contribution in [0.5, 0.6) is 11.5 Å². The first kappa shape index (κ1) is 32.7. The van der Waals surface area contributed by atoms with Gasteiger partial charge >= 0.3 is 0 Å². The molecule has 3 rings (SSSR count). The smallest absolute Gasteiger partial charge is 0.123 e. The molecule has 3 nitrogen and oxygen atoms in total. The predicted molar refractivity (Wildman–Crippen MR) is 174 cm³/mol. The van der Waals surface area contributed by atoms with Crippen LogP contribution in [0.4, 0.5) is 0 Å². The van der Waals surface area contributed by atoms with E-state index in [1.54, 1.807) is 7.11 Å². The van der Waals surface area contributed by atoms with Gasteiger partial charge in [0.15, 0.2) is 0 Å². The van der Waals surface area contributed by atoms with Crippen LogP contribution in [0.3, 0.4) is 0 Å². The van der Waals surface area contributed by atoms with E-state index in [0.717, 1.165) is 40.7 Å². The second-order valence-corrected chi connectivity index (χ2v) is 16.0. The van der Waals surface area contributed by atoms with Crippen LogP contribution < -0.4 is 0 Å². The van der Waals surface area contributed by atoms with Crippen LogP contribution in [0.2, 0.25) is 0 Å². The van der Waals surface area contributed by atoms with Crippen molar-refractivity contribution in [1.82, 2.24) is 0 Å². The van der Waals surface area contributed by atoms with E-state index in [-0.39, 0.29) is 21.7 Å². The summed E-state index contributed by atoms with van der Waals surface area (Å²) in [5.41, 5.74) is 9.28. The topological polar surface area (TPSA) is 49.7 Å². The molecule has 0 heterocycles. The van der Waals surface area contributed by atoms with E-state index >= 15 is 0 Å². The molecule has 3 aromatic carbocycles. The first-order chi connectivity index (χ1) is 18.6. The summed E-state index contributed by atoms with van der Waals surface area (Å²) in [5.74, 6) is 0.832. The summed E-state index contributed by atoms with van der Waals surface area (Å²) >= 11 is 0. The van der Waals surface area contributed by atoms with Crippen LogP contribution in [0.15, 0.2) is 42.5 Å². The zero-order valence-electron chi connectivity index (χ0n) is 28.0. The molecule has 0 radical (unpaired) electrons. The molecule has 0 aliphatic heterocycles. The number of aromatic hydroxyl groups is 2. The van der Waals surface area contributed by atoms with Crippen molar-refractivity contribution in [2.24, 2.45) is 0 Å². The summed E-state index contributed by atoms with van der Waals surface area (Å²) < 4.78 is 5.56. The Bertz CT molecular complexity index is 1210. The minimum atomic E-state index is -0.169. The number of rotatable bonds is 6. The Labute approximate surface area is 250 Å². The monoisotopic (exact) mass is 558 g/mol. The highest BCUT2D eigenvalue weighted by atomic mass is 16.5. The lowest BCUT2D eigenvalue weighted by atomic mass is 9.77. The summed E-state index contributed by atoms with van der Waals surface area (Å²) in [7, 11) is 1.74. The fourth-order valence-electron chi connectivity index (χ4n) is 5.64. The average Bonchev–Trinajstić information content (AvgIpc) is 2.78. The van der Waals surface area contributed by atoms with Gasteiger partial charge in [-0.3, -0.25) is 0 Å². The highest BCUT2D eigenvalue weighted by Gasteiger charge is 2.28. The van der Waals surface area contributed by atoms with Crippen LogP contribution in [0.1, 0.15) is 133 Å². The van der Waals surface area contributed by atoms with Gasteiger partial charge in [0.05, 0.1) is 6.61 Å². The van der Waals surface area contributed by atoms with Crippen molar-refractivity contribution in [2.45, 2.75) is 124 Å². The summed E-state index contributed by atoms with van der Waals surface area (Å²) in [6.45, 7) is 26.4. The predicted octanol–water partition coefficient (Wildman–Crippen LogP) is 9.62. The van der Waals surface area contributed by atoms with Gasteiger partial charge in [-0.2, -0.15) is 0 Å². The molecular formula is C38H54O3. The molecule has 0 fully saturated rings. The van der Waals surface area contributed by atoms with Gasteiger partial charge in [-0.25, -0.2) is 0 Å². The number of hydrogen-bond acceptors (Lipinski definition) is 3. The molecule has 0 saturated carbocycles. The number of benzene rings is 3. The van der Waals surface area contributed by atoms with Gasteiger partial charge in [0.25, 0.3) is 0 Å². The minimum absolute atomic E-state index is 0.169. The number of ether oxygens (including phenoxy) is 1. The molecule has 41 heavy (non-hydrogen) atoms. The molecule has 0 aliphatic carbocycles. The summed E-state index contributed by atoms with van der Waals surface area (Å²) in [4.78, 5) is 0.